The average Bonchev–Trinajstić information content (AvgIpc) is 3.37. The molecule has 2 aromatic carbocycles. The smallest absolute Gasteiger partial charge is 0.268 e. The molecule has 1 fully saturated rings. The van der Waals surface area contributed by atoms with Gasteiger partial charge in [-0.15, -0.1) is 11.3 Å². The highest BCUT2D eigenvalue weighted by atomic mass is 32.1. The van der Waals surface area contributed by atoms with Crippen molar-refractivity contribution in [1.82, 2.24) is 9.88 Å². The van der Waals surface area contributed by atoms with Crippen molar-refractivity contribution in [2.45, 2.75) is 65.0 Å². The molecule has 0 spiro atoms. The second-order valence-corrected chi connectivity index (χ2v) is 12.5. The van der Waals surface area contributed by atoms with Crippen molar-refractivity contribution >= 4 is 27.3 Å². The largest absolute Gasteiger partial charge is 0.386 e. The van der Waals surface area contributed by atoms with Gasteiger partial charge in [0.15, 0.2) is 0 Å². The fourth-order valence-corrected chi connectivity index (χ4v) is 6.03. The summed E-state index contributed by atoms with van der Waals surface area (Å²) in [4.78, 5) is 26.7. The highest BCUT2D eigenvalue weighted by Crippen LogP contribution is 2.39. The number of carbonyl (C=O) groups excluding carboxylic acids is 1. The summed E-state index contributed by atoms with van der Waals surface area (Å²) in [6.45, 7) is 9.32. The Balaban J connectivity index is 1.71. The zero-order valence-electron chi connectivity index (χ0n) is 22.7. The van der Waals surface area contributed by atoms with E-state index in [0.717, 1.165) is 51.8 Å². The van der Waals surface area contributed by atoms with Crippen molar-refractivity contribution in [1.29, 1.82) is 0 Å². The summed E-state index contributed by atoms with van der Waals surface area (Å²) in [7, 11) is 1.71. The fourth-order valence-electron chi connectivity index (χ4n) is 4.98. The predicted octanol–water partition coefficient (Wildman–Crippen LogP) is 6.12. The van der Waals surface area contributed by atoms with E-state index < -0.39 is 5.60 Å². The molecule has 0 radical (unpaired) electrons. The maximum Gasteiger partial charge on any atom is 0.268 e. The maximum atomic E-state index is 14.0. The summed E-state index contributed by atoms with van der Waals surface area (Å²) < 4.78 is 16.1. The normalized spacial score (nSPS) is 14.6. The Morgan fingerprint density at radius 2 is 1.79 bits per heavy atom. The molecule has 2 aromatic heterocycles. The van der Waals surface area contributed by atoms with E-state index in [4.69, 9.17) is 0 Å². The molecule has 38 heavy (non-hydrogen) atoms. The van der Waals surface area contributed by atoms with Crippen LogP contribution in [0.1, 0.15) is 71.1 Å². The van der Waals surface area contributed by atoms with Crippen LogP contribution in [0.2, 0.25) is 0 Å². The number of carbonyl (C=O) groups is 1. The Morgan fingerprint density at radius 3 is 2.39 bits per heavy atom. The molecule has 0 atom stereocenters. The number of rotatable bonds is 6. The Kier molecular flexibility index (Phi) is 6.35. The number of pyridine rings is 1. The van der Waals surface area contributed by atoms with E-state index in [1.807, 2.05) is 45.0 Å². The standard InChI is InChI=1S/C31H33FN2O3S/c1-17-11-21(32)12-18(2)22(17)13-19-7-8-20(30(3,4)37)14-23(19)25-16-34(6)29(36)27-24(25)15-26(38-27)28(35)33-31(5)9-10-31/h7-8,11-12,14-16,37H,9-10,13H2,1-6H3,(H,33,35). The Morgan fingerprint density at radius 1 is 1.13 bits per heavy atom. The van der Waals surface area contributed by atoms with E-state index >= 15 is 0 Å². The molecule has 1 amide bonds. The monoisotopic (exact) mass is 532 g/mol. The van der Waals surface area contributed by atoms with Crippen molar-refractivity contribution in [3.05, 3.63) is 91.5 Å². The molecular weight excluding hydrogens is 499 g/mol. The van der Waals surface area contributed by atoms with Crippen LogP contribution in [0.4, 0.5) is 4.39 Å². The highest BCUT2D eigenvalue weighted by Gasteiger charge is 2.39. The molecule has 4 aromatic rings. The Bertz CT molecular complexity index is 1630. The van der Waals surface area contributed by atoms with Gasteiger partial charge in [-0.25, -0.2) is 4.39 Å². The van der Waals surface area contributed by atoms with Gasteiger partial charge >= 0.3 is 0 Å². The first kappa shape index (κ1) is 26.3. The molecule has 198 valence electrons. The summed E-state index contributed by atoms with van der Waals surface area (Å²) in [5, 5.41) is 14.6. The van der Waals surface area contributed by atoms with Crippen molar-refractivity contribution in [3.8, 4) is 11.1 Å². The van der Waals surface area contributed by atoms with Gasteiger partial charge < -0.3 is 15.0 Å². The number of aliphatic hydroxyl groups is 1. The molecule has 2 N–H and O–H groups in total. The van der Waals surface area contributed by atoms with Crippen LogP contribution in [-0.2, 0) is 19.1 Å². The number of fused-ring (bicyclic) bond motifs is 1. The van der Waals surface area contributed by atoms with Gasteiger partial charge in [0.2, 0.25) is 0 Å². The van der Waals surface area contributed by atoms with Gasteiger partial charge in [0.1, 0.15) is 10.5 Å². The predicted molar refractivity (Wildman–Crippen MR) is 152 cm³/mol. The number of hydrogen-bond acceptors (Lipinski definition) is 4. The quantitative estimate of drug-likeness (QED) is 0.314. The number of nitrogens with one attached hydrogen (secondary N) is 1. The van der Waals surface area contributed by atoms with Crippen LogP contribution in [0.15, 0.2) is 47.4 Å². The van der Waals surface area contributed by atoms with Crippen molar-refractivity contribution in [2.75, 3.05) is 0 Å². The third-order valence-corrected chi connectivity index (χ3v) is 8.76. The van der Waals surface area contributed by atoms with Crippen LogP contribution in [-0.4, -0.2) is 21.1 Å². The number of halogens is 1. The zero-order chi connectivity index (χ0) is 27.6. The highest BCUT2D eigenvalue weighted by molar-refractivity contribution is 7.20. The number of nitrogens with zero attached hydrogens (tertiary/aromatic N) is 1. The van der Waals surface area contributed by atoms with Crippen molar-refractivity contribution < 1.29 is 14.3 Å². The number of hydrogen-bond donors (Lipinski definition) is 2. The lowest BCUT2D eigenvalue weighted by Gasteiger charge is -2.22. The minimum absolute atomic E-state index is 0.157. The number of thiophene rings is 1. The number of benzene rings is 2. The SMILES string of the molecule is Cc1cc(F)cc(C)c1Cc1ccc(C(C)(C)O)cc1-c1cn(C)c(=O)c2sc(C(=O)NC3(C)CC3)cc12. The number of amides is 1. The van der Waals surface area contributed by atoms with Crippen LogP contribution in [0, 0.1) is 19.7 Å². The molecular formula is C31H33FN2O3S. The molecule has 7 heteroatoms. The number of aromatic nitrogens is 1. The third-order valence-electron chi connectivity index (χ3n) is 7.63. The lowest BCUT2D eigenvalue weighted by atomic mass is 9.87. The maximum absolute atomic E-state index is 14.0. The summed E-state index contributed by atoms with van der Waals surface area (Å²) in [6.07, 6.45) is 4.26. The van der Waals surface area contributed by atoms with Crippen LogP contribution in [0.3, 0.4) is 0 Å². The Labute approximate surface area is 226 Å². The summed E-state index contributed by atoms with van der Waals surface area (Å²) in [5.74, 6) is -0.424. The first-order valence-corrected chi connectivity index (χ1v) is 13.6. The molecule has 2 heterocycles. The van der Waals surface area contributed by atoms with Crippen LogP contribution >= 0.6 is 11.3 Å². The van der Waals surface area contributed by atoms with Gasteiger partial charge in [-0.05, 0) is 112 Å². The zero-order valence-corrected chi connectivity index (χ0v) is 23.5. The van der Waals surface area contributed by atoms with E-state index in [1.165, 1.54) is 11.3 Å². The lowest BCUT2D eigenvalue weighted by Crippen LogP contribution is -2.33. The molecule has 1 saturated carbocycles. The second kappa shape index (κ2) is 9.17. The van der Waals surface area contributed by atoms with Crippen molar-refractivity contribution in [2.24, 2.45) is 7.05 Å². The number of aryl methyl sites for hydroxylation is 3. The third kappa shape index (κ3) is 4.93. The van der Waals surface area contributed by atoms with Crippen molar-refractivity contribution in [3.63, 3.8) is 0 Å². The van der Waals surface area contributed by atoms with E-state index in [-0.39, 0.29) is 22.8 Å². The summed E-state index contributed by atoms with van der Waals surface area (Å²) in [5.41, 5.74) is 4.78. The van der Waals surface area contributed by atoms with Gasteiger partial charge in [-0.1, -0.05) is 12.1 Å². The average molecular weight is 533 g/mol. The molecule has 1 aliphatic carbocycles. The Hall–Kier alpha value is -3.29. The summed E-state index contributed by atoms with van der Waals surface area (Å²) >= 11 is 1.21. The van der Waals surface area contributed by atoms with Gasteiger partial charge in [0.05, 0.1) is 10.5 Å². The van der Waals surface area contributed by atoms with Gasteiger partial charge in [-0.3, -0.25) is 9.59 Å². The minimum Gasteiger partial charge on any atom is -0.386 e. The van der Waals surface area contributed by atoms with E-state index in [2.05, 4.69) is 5.32 Å². The molecule has 0 saturated heterocycles. The molecule has 5 nitrogen and oxygen atoms in total. The van der Waals surface area contributed by atoms with Gasteiger partial charge in [0.25, 0.3) is 11.5 Å². The minimum atomic E-state index is -1.08. The topological polar surface area (TPSA) is 71.3 Å². The molecule has 0 unspecified atom stereocenters. The van der Waals surface area contributed by atoms with Gasteiger partial charge in [-0.2, -0.15) is 0 Å². The first-order valence-electron chi connectivity index (χ1n) is 12.8. The molecule has 5 rings (SSSR count). The van der Waals surface area contributed by atoms with E-state index in [1.54, 1.807) is 43.8 Å². The van der Waals surface area contributed by atoms with Crippen LogP contribution in [0.5, 0.6) is 0 Å². The van der Waals surface area contributed by atoms with E-state index in [9.17, 15) is 19.1 Å². The molecule has 1 aliphatic rings. The van der Waals surface area contributed by atoms with Crippen LogP contribution in [0.25, 0.3) is 21.2 Å². The lowest BCUT2D eigenvalue weighted by molar-refractivity contribution is 0.0786. The molecule has 0 aliphatic heterocycles. The van der Waals surface area contributed by atoms with Gasteiger partial charge in [0, 0.05) is 29.7 Å². The summed E-state index contributed by atoms with van der Waals surface area (Å²) in [6, 6.07) is 10.8. The first-order chi connectivity index (χ1) is 17.8. The molecule has 0 bridgehead atoms. The van der Waals surface area contributed by atoms with E-state index in [0.29, 0.717) is 21.4 Å². The second-order valence-electron chi connectivity index (χ2n) is 11.5. The van der Waals surface area contributed by atoms with Crippen LogP contribution < -0.4 is 10.9 Å². The fraction of sp³-hybridized carbons (Fsp3) is 0.355.